The molecule has 0 N–H and O–H groups in total. The second-order valence-electron chi connectivity index (χ2n) is 3.07. The highest BCUT2D eigenvalue weighted by atomic mass is 16.2. The second-order valence-corrected chi connectivity index (χ2v) is 3.07. The highest BCUT2D eigenvalue weighted by Crippen LogP contribution is 2.34. The molecule has 0 aromatic carbocycles. The molecule has 11 heavy (non-hydrogen) atoms. The average Bonchev–Trinajstić information content (AvgIpc) is 2.34. The summed E-state index contributed by atoms with van der Waals surface area (Å²) in [7, 11) is 0. The Bertz CT molecular complexity index is 202. The number of rotatable bonds is 2. The topological polar surface area (TPSA) is 34.1 Å². The summed E-state index contributed by atoms with van der Waals surface area (Å²) in [5, 5.41) is 0. The molecule has 2 nitrogen and oxygen atoms in total. The van der Waals surface area contributed by atoms with Crippen LogP contribution in [0.25, 0.3) is 0 Å². The fraction of sp³-hybridized carbons (Fsp3) is 0.556. The van der Waals surface area contributed by atoms with E-state index in [-0.39, 0.29) is 11.6 Å². The molecule has 0 aromatic rings. The Kier molecular flexibility index (Phi) is 1.94. The average molecular weight is 152 g/mol. The molecule has 0 aromatic heterocycles. The molecule has 0 spiro atoms. The minimum atomic E-state index is -0.694. The Labute approximate surface area is 66.3 Å². The van der Waals surface area contributed by atoms with Gasteiger partial charge in [-0.15, -0.1) is 0 Å². The van der Waals surface area contributed by atoms with E-state index in [0.717, 1.165) is 0 Å². The van der Waals surface area contributed by atoms with E-state index in [1.807, 2.05) is 12.2 Å². The molecule has 0 saturated heterocycles. The summed E-state index contributed by atoms with van der Waals surface area (Å²) in [6.45, 7) is 2.99. The summed E-state index contributed by atoms with van der Waals surface area (Å²) in [6.07, 6.45) is 5.00. The van der Waals surface area contributed by atoms with E-state index in [1.54, 1.807) is 0 Å². The third kappa shape index (κ3) is 1.13. The molecule has 0 heterocycles. The predicted octanol–water partition coefficient (Wildman–Crippen LogP) is 1.50. The minimum absolute atomic E-state index is 0.00463. The number of hydrogen-bond acceptors (Lipinski definition) is 2. The van der Waals surface area contributed by atoms with E-state index < -0.39 is 5.41 Å². The van der Waals surface area contributed by atoms with Crippen LogP contribution in [0, 0.1) is 5.41 Å². The Morgan fingerprint density at radius 1 is 1.09 bits per heavy atom. The third-order valence-electron chi connectivity index (χ3n) is 2.45. The second kappa shape index (κ2) is 2.61. The van der Waals surface area contributed by atoms with Crippen LogP contribution in [-0.2, 0) is 9.59 Å². The van der Waals surface area contributed by atoms with Gasteiger partial charge in [0.05, 0.1) is 5.41 Å². The summed E-state index contributed by atoms with van der Waals surface area (Å²) in [5.41, 5.74) is -0.694. The van der Waals surface area contributed by atoms with Crippen molar-refractivity contribution in [2.75, 3.05) is 0 Å². The first-order valence-corrected chi connectivity index (χ1v) is 3.77. The number of carbonyl (C=O) groups is 2. The number of allylic oxidation sites excluding steroid dienone is 2. The first-order chi connectivity index (χ1) is 5.09. The van der Waals surface area contributed by atoms with Crippen molar-refractivity contribution >= 4 is 11.6 Å². The van der Waals surface area contributed by atoms with Gasteiger partial charge in [0.15, 0.2) is 0 Å². The van der Waals surface area contributed by atoms with Crippen molar-refractivity contribution in [3.8, 4) is 0 Å². The smallest absolute Gasteiger partial charge is 0.143 e. The molecule has 0 saturated carbocycles. The van der Waals surface area contributed by atoms with Crippen molar-refractivity contribution in [1.82, 2.24) is 0 Å². The Balaban J connectivity index is 2.90. The maximum absolute atomic E-state index is 11.1. The fourth-order valence-corrected chi connectivity index (χ4v) is 1.48. The van der Waals surface area contributed by atoms with Gasteiger partial charge < -0.3 is 0 Å². The van der Waals surface area contributed by atoms with Crippen LogP contribution in [0.4, 0.5) is 0 Å². The van der Waals surface area contributed by atoms with Crippen molar-refractivity contribution in [3.05, 3.63) is 12.2 Å². The Morgan fingerprint density at radius 2 is 1.45 bits per heavy atom. The predicted molar refractivity (Wildman–Crippen MR) is 42.2 cm³/mol. The number of ketones is 2. The number of Topliss-reactive ketones (excluding diaryl/α,β-unsaturated/α-hetero) is 2. The van der Waals surface area contributed by atoms with Gasteiger partial charge in [-0.1, -0.05) is 12.2 Å². The highest BCUT2D eigenvalue weighted by molar-refractivity contribution is 6.05. The van der Waals surface area contributed by atoms with E-state index in [9.17, 15) is 9.59 Å². The summed E-state index contributed by atoms with van der Waals surface area (Å²) >= 11 is 0. The molecule has 60 valence electrons. The van der Waals surface area contributed by atoms with E-state index >= 15 is 0 Å². The molecule has 0 bridgehead atoms. The summed E-state index contributed by atoms with van der Waals surface area (Å²) in [6, 6.07) is 0. The zero-order valence-corrected chi connectivity index (χ0v) is 6.89. The van der Waals surface area contributed by atoms with Crippen LogP contribution in [0.15, 0.2) is 12.2 Å². The van der Waals surface area contributed by atoms with Crippen LogP contribution in [0.1, 0.15) is 26.7 Å². The molecule has 2 heteroatoms. The van der Waals surface area contributed by atoms with E-state index in [1.165, 1.54) is 13.8 Å². The van der Waals surface area contributed by atoms with Gasteiger partial charge in [0.1, 0.15) is 11.6 Å². The quantitative estimate of drug-likeness (QED) is 0.444. The van der Waals surface area contributed by atoms with Crippen LogP contribution in [0.2, 0.25) is 0 Å². The lowest BCUT2D eigenvalue weighted by atomic mass is 9.78. The lowest BCUT2D eigenvalue weighted by molar-refractivity contribution is -0.137. The molecule has 0 atom stereocenters. The van der Waals surface area contributed by atoms with Gasteiger partial charge >= 0.3 is 0 Å². The molecule has 1 rings (SSSR count). The summed E-state index contributed by atoms with van der Waals surface area (Å²) in [5.74, 6) is -0.00926. The monoisotopic (exact) mass is 152 g/mol. The van der Waals surface area contributed by atoms with Gasteiger partial charge in [-0.2, -0.15) is 0 Å². The molecule has 0 unspecified atom stereocenters. The minimum Gasteiger partial charge on any atom is -0.299 e. The van der Waals surface area contributed by atoms with E-state index in [0.29, 0.717) is 12.8 Å². The molecule has 0 fully saturated rings. The van der Waals surface area contributed by atoms with Gasteiger partial charge in [-0.05, 0) is 26.7 Å². The van der Waals surface area contributed by atoms with Gasteiger partial charge in [0, 0.05) is 0 Å². The molecule has 0 radical (unpaired) electrons. The van der Waals surface area contributed by atoms with Gasteiger partial charge in [-0.3, -0.25) is 9.59 Å². The standard InChI is InChI=1S/C9H12O2/c1-7(10)9(8(2)11)5-3-4-6-9/h3-4H,5-6H2,1-2H3. The molecule has 1 aliphatic rings. The van der Waals surface area contributed by atoms with Gasteiger partial charge in [-0.25, -0.2) is 0 Å². The number of hydrogen-bond donors (Lipinski definition) is 0. The van der Waals surface area contributed by atoms with Crippen LogP contribution < -0.4 is 0 Å². The van der Waals surface area contributed by atoms with E-state index in [4.69, 9.17) is 0 Å². The molecular formula is C9H12O2. The van der Waals surface area contributed by atoms with Crippen LogP contribution in [0.3, 0.4) is 0 Å². The fourth-order valence-electron chi connectivity index (χ4n) is 1.48. The zero-order valence-electron chi connectivity index (χ0n) is 6.89. The van der Waals surface area contributed by atoms with Gasteiger partial charge in [0.25, 0.3) is 0 Å². The first kappa shape index (κ1) is 8.18. The normalized spacial score (nSPS) is 20.2. The van der Waals surface area contributed by atoms with Crippen LogP contribution >= 0.6 is 0 Å². The maximum Gasteiger partial charge on any atom is 0.143 e. The molecule has 0 amide bonds. The Hall–Kier alpha value is -0.920. The lowest BCUT2D eigenvalue weighted by Gasteiger charge is -2.21. The van der Waals surface area contributed by atoms with Crippen molar-refractivity contribution in [2.45, 2.75) is 26.7 Å². The lowest BCUT2D eigenvalue weighted by Crippen LogP contribution is -2.33. The number of carbonyl (C=O) groups excluding carboxylic acids is 2. The van der Waals surface area contributed by atoms with Crippen LogP contribution in [0.5, 0.6) is 0 Å². The first-order valence-electron chi connectivity index (χ1n) is 3.77. The van der Waals surface area contributed by atoms with E-state index in [2.05, 4.69) is 0 Å². The molecular weight excluding hydrogens is 140 g/mol. The molecule has 1 aliphatic carbocycles. The van der Waals surface area contributed by atoms with Crippen LogP contribution in [-0.4, -0.2) is 11.6 Å². The third-order valence-corrected chi connectivity index (χ3v) is 2.45. The molecule has 0 aliphatic heterocycles. The van der Waals surface area contributed by atoms with Gasteiger partial charge in [0.2, 0.25) is 0 Å². The summed E-state index contributed by atoms with van der Waals surface area (Å²) < 4.78 is 0. The SMILES string of the molecule is CC(=O)C1(C(C)=O)CC=CC1. The summed E-state index contributed by atoms with van der Waals surface area (Å²) in [4.78, 5) is 22.3. The van der Waals surface area contributed by atoms with Crippen molar-refractivity contribution < 1.29 is 9.59 Å². The zero-order chi connectivity index (χ0) is 8.48. The van der Waals surface area contributed by atoms with Crippen molar-refractivity contribution in [2.24, 2.45) is 5.41 Å². The van der Waals surface area contributed by atoms with Crippen molar-refractivity contribution in [3.63, 3.8) is 0 Å². The highest BCUT2D eigenvalue weighted by Gasteiger charge is 2.40. The maximum atomic E-state index is 11.1. The Morgan fingerprint density at radius 3 is 1.64 bits per heavy atom. The largest absolute Gasteiger partial charge is 0.299 e. The van der Waals surface area contributed by atoms with Crippen molar-refractivity contribution in [1.29, 1.82) is 0 Å².